The Bertz CT molecular complexity index is 897. The van der Waals surface area contributed by atoms with Crippen molar-refractivity contribution in [3.8, 4) is 5.75 Å². The number of non-ortho nitro benzene ring substituents is 1. The number of hydrogen-bond donors (Lipinski definition) is 0. The lowest BCUT2D eigenvalue weighted by molar-refractivity contribution is -0.384. The second-order valence-electron chi connectivity index (χ2n) is 4.21. The minimum atomic E-state index is -0.624. The average molecular weight is 271 g/mol. The summed E-state index contributed by atoms with van der Waals surface area (Å²) in [5, 5.41) is 12.2. The molecule has 0 aliphatic heterocycles. The maximum absolute atomic E-state index is 12.0. The van der Waals surface area contributed by atoms with Crippen LogP contribution in [0.4, 0.5) is 5.69 Å². The number of fused-ring (bicyclic) bond motifs is 3. The molecule has 0 radical (unpaired) electrons. The molecule has 100 valence electrons. The molecule has 6 heteroatoms. The lowest BCUT2D eigenvalue weighted by Crippen LogP contribution is -2.02. The molecule has 0 N–H and O–H groups in total. The van der Waals surface area contributed by atoms with Gasteiger partial charge in [-0.25, -0.2) is 4.79 Å². The van der Waals surface area contributed by atoms with Crippen LogP contribution in [-0.4, -0.2) is 12.0 Å². The van der Waals surface area contributed by atoms with Crippen LogP contribution in [0, 0.1) is 10.1 Å². The standard InChI is InChI=1S/C14H9NO5/c1-19-12-7-8(15(17)18)6-10-13(12)9-4-2-3-5-11(9)20-14(10)16/h2-7H,1H3. The maximum Gasteiger partial charge on any atom is 0.344 e. The van der Waals surface area contributed by atoms with Crippen LogP contribution in [0.5, 0.6) is 5.75 Å². The monoisotopic (exact) mass is 271 g/mol. The fourth-order valence-corrected chi connectivity index (χ4v) is 2.22. The zero-order valence-corrected chi connectivity index (χ0v) is 10.5. The Morgan fingerprint density at radius 3 is 2.65 bits per heavy atom. The van der Waals surface area contributed by atoms with E-state index < -0.39 is 10.5 Å². The van der Waals surface area contributed by atoms with E-state index in [0.717, 1.165) is 0 Å². The van der Waals surface area contributed by atoms with Crippen molar-refractivity contribution in [3.05, 3.63) is 56.9 Å². The Hall–Kier alpha value is -2.89. The van der Waals surface area contributed by atoms with Crippen molar-refractivity contribution in [2.24, 2.45) is 0 Å². The number of para-hydroxylation sites is 1. The number of nitrogens with zero attached hydrogens (tertiary/aromatic N) is 1. The van der Waals surface area contributed by atoms with Gasteiger partial charge in [0.1, 0.15) is 11.3 Å². The molecule has 0 saturated heterocycles. The molecule has 0 aliphatic carbocycles. The Morgan fingerprint density at radius 1 is 1.20 bits per heavy atom. The van der Waals surface area contributed by atoms with Gasteiger partial charge in [-0.05, 0) is 6.07 Å². The molecule has 2 aromatic carbocycles. The van der Waals surface area contributed by atoms with E-state index in [1.165, 1.54) is 19.2 Å². The minimum absolute atomic E-state index is 0.134. The van der Waals surface area contributed by atoms with Crippen LogP contribution in [0.1, 0.15) is 0 Å². The number of hydrogen-bond acceptors (Lipinski definition) is 5. The van der Waals surface area contributed by atoms with Crippen LogP contribution in [0.25, 0.3) is 21.7 Å². The van der Waals surface area contributed by atoms with Gasteiger partial charge in [0.15, 0.2) is 0 Å². The van der Waals surface area contributed by atoms with Gasteiger partial charge in [-0.3, -0.25) is 10.1 Å². The van der Waals surface area contributed by atoms with Crippen molar-refractivity contribution in [1.29, 1.82) is 0 Å². The van der Waals surface area contributed by atoms with Gasteiger partial charge < -0.3 is 9.15 Å². The fourth-order valence-electron chi connectivity index (χ4n) is 2.22. The summed E-state index contributed by atoms with van der Waals surface area (Å²) in [5.41, 5.74) is -0.421. The Balaban J connectivity index is 2.59. The summed E-state index contributed by atoms with van der Waals surface area (Å²) in [6, 6.07) is 9.48. The summed E-state index contributed by atoms with van der Waals surface area (Å²) >= 11 is 0. The predicted molar refractivity (Wildman–Crippen MR) is 73.2 cm³/mol. The molecule has 0 fully saturated rings. The summed E-state index contributed by atoms with van der Waals surface area (Å²) < 4.78 is 10.4. The quantitative estimate of drug-likeness (QED) is 0.310. The summed E-state index contributed by atoms with van der Waals surface area (Å²) in [7, 11) is 1.40. The van der Waals surface area contributed by atoms with Crippen LogP contribution in [0.15, 0.2) is 45.6 Å². The highest BCUT2D eigenvalue weighted by molar-refractivity contribution is 6.08. The SMILES string of the molecule is COc1cc([N+](=O)[O-])cc2c(=O)oc3ccccc3c12. The van der Waals surface area contributed by atoms with Crippen LogP contribution in [-0.2, 0) is 0 Å². The Labute approximate surface area is 112 Å². The molecule has 0 aliphatic rings. The van der Waals surface area contributed by atoms with Gasteiger partial charge in [-0.1, -0.05) is 18.2 Å². The van der Waals surface area contributed by atoms with Gasteiger partial charge in [-0.15, -0.1) is 0 Å². The van der Waals surface area contributed by atoms with Crippen molar-refractivity contribution in [3.63, 3.8) is 0 Å². The number of nitro benzene ring substituents is 1. The van der Waals surface area contributed by atoms with Gasteiger partial charge in [0, 0.05) is 16.8 Å². The van der Waals surface area contributed by atoms with E-state index in [4.69, 9.17) is 9.15 Å². The average Bonchev–Trinajstić information content (AvgIpc) is 2.46. The first-order valence-corrected chi connectivity index (χ1v) is 5.80. The Kier molecular flexibility index (Phi) is 2.64. The summed E-state index contributed by atoms with van der Waals surface area (Å²) in [5.74, 6) is 0.276. The van der Waals surface area contributed by atoms with E-state index in [1.807, 2.05) is 0 Å². The van der Waals surface area contributed by atoms with Crippen molar-refractivity contribution in [2.45, 2.75) is 0 Å². The van der Waals surface area contributed by atoms with E-state index in [0.29, 0.717) is 16.4 Å². The number of ether oxygens (including phenoxy) is 1. The smallest absolute Gasteiger partial charge is 0.344 e. The molecule has 3 rings (SSSR count). The molecule has 0 atom stereocenters. The molecule has 0 amide bonds. The summed E-state index contributed by atoms with van der Waals surface area (Å²) in [6.07, 6.45) is 0. The van der Waals surface area contributed by atoms with Gasteiger partial charge in [-0.2, -0.15) is 0 Å². The molecule has 0 bridgehead atoms. The van der Waals surface area contributed by atoms with Crippen molar-refractivity contribution in [1.82, 2.24) is 0 Å². The molecule has 3 aromatic rings. The highest BCUT2D eigenvalue weighted by Gasteiger charge is 2.17. The first kappa shape index (κ1) is 12.2. The number of rotatable bonds is 2. The topological polar surface area (TPSA) is 82.6 Å². The molecule has 6 nitrogen and oxygen atoms in total. The first-order chi connectivity index (χ1) is 9.61. The molecule has 0 spiro atoms. The number of nitro groups is 1. The van der Waals surface area contributed by atoms with E-state index in [2.05, 4.69) is 0 Å². The molecule has 1 heterocycles. The highest BCUT2D eigenvalue weighted by Crippen LogP contribution is 2.34. The fraction of sp³-hybridized carbons (Fsp3) is 0.0714. The van der Waals surface area contributed by atoms with Crippen molar-refractivity contribution >= 4 is 27.4 Å². The van der Waals surface area contributed by atoms with Crippen molar-refractivity contribution in [2.75, 3.05) is 7.11 Å². The van der Waals surface area contributed by atoms with Gasteiger partial charge >= 0.3 is 5.63 Å². The molecule has 20 heavy (non-hydrogen) atoms. The van der Waals surface area contributed by atoms with E-state index in [9.17, 15) is 14.9 Å². The van der Waals surface area contributed by atoms with Crippen LogP contribution >= 0.6 is 0 Å². The lowest BCUT2D eigenvalue weighted by Gasteiger charge is -2.07. The van der Waals surface area contributed by atoms with Crippen LogP contribution in [0.2, 0.25) is 0 Å². The normalized spacial score (nSPS) is 10.8. The first-order valence-electron chi connectivity index (χ1n) is 5.80. The third-order valence-corrected chi connectivity index (χ3v) is 3.10. The molecule has 0 saturated carbocycles. The second-order valence-corrected chi connectivity index (χ2v) is 4.21. The number of benzene rings is 2. The molecular weight excluding hydrogens is 262 g/mol. The summed E-state index contributed by atoms with van der Waals surface area (Å²) in [4.78, 5) is 22.3. The zero-order chi connectivity index (χ0) is 14.3. The van der Waals surface area contributed by atoms with Gasteiger partial charge in [0.25, 0.3) is 5.69 Å². The second kappa shape index (κ2) is 4.34. The van der Waals surface area contributed by atoms with Gasteiger partial charge in [0.05, 0.1) is 23.5 Å². The van der Waals surface area contributed by atoms with Crippen molar-refractivity contribution < 1.29 is 14.1 Å². The predicted octanol–water partition coefficient (Wildman–Crippen LogP) is 2.86. The zero-order valence-electron chi connectivity index (χ0n) is 10.5. The molecule has 1 aromatic heterocycles. The molecule has 0 unspecified atom stereocenters. The Morgan fingerprint density at radius 2 is 1.95 bits per heavy atom. The van der Waals surface area contributed by atoms with Crippen LogP contribution in [0.3, 0.4) is 0 Å². The van der Waals surface area contributed by atoms with E-state index >= 15 is 0 Å². The van der Waals surface area contributed by atoms with E-state index in [-0.39, 0.29) is 16.8 Å². The van der Waals surface area contributed by atoms with Gasteiger partial charge in [0.2, 0.25) is 0 Å². The lowest BCUT2D eigenvalue weighted by atomic mass is 10.1. The van der Waals surface area contributed by atoms with Crippen LogP contribution < -0.4 is 10.4 Å². The third-order valence-electron chi connectivity index (χ3n) is 3.10. The minimum Gasteiger partial charge on any atom is -0.496 e. The maximum atomic E-state index is 12.0. The third kappa shape index (κ3) is 1.70. The number of methoxy groups -OCH3 is 1. The largest absolute Gasteiger partial charge is 0.496 e. The highest BCUT2D eigenvalue weighted by atomic mass is 16.6. The molecular formula is C14H9NO5. The summed E-state index contributed by atoms with van der Waals surface area (Å²) in [6.45, 7) is 0. The van der Waals surface area contributed by atoms with E-state index in [1.54, 1.807) is 24.3 Å².